The van der Waals surface area contributed by atoms with Crippen LogP contribution in [0.5, 0.6) is 0 Å². The lowest BCUT2D eigenvalue weighted by molar-refractivity contribution is -0.136. The second-order valence-corrected chi connectivity index (χ2v) is 5.55. The third kappa shape index (κ3) is 2.05. The van der Waals surface area contributed by atoms with E-state index in [0.717, 1.165) is 5.56 Å². The Morgan fingerprint density at radius 3 is 2.68 bits per heavy atom. The topological polar surface area (TPSA) is 110 Å². The molecule has 114 valence electrons. The van der Waals surface area contributed by atoms with Crippen molar-refractivity contribution in [1.82, 2.24) is 10.2 Å². The summed E-state index contributed by atoms with van der Waals surface area (Å²) in [7, 11) is 0. The first-order valence-electron chi connectivity index (χ1n) is 6.97. The molecule has 2 heterocycles. The fourth-order valence-corrected chi connectivity index (χ4v) is 3.07. The van der Waals surface area contributed by atoms with Crippen molar-refractivity contribution in [1.29, 1.82) is 0 Å². The zero-order chi connectivity index (χ0) is 16.0. The van der Waals surface area contributed by atoms with Crippen molar-refractivity contribution in [3.05, 3.63) is 34.4 Å². The third-order valence-corrected chi connectivity index (χ3v) is 4.18. The number of carbonyl (C=O) groups is 4. The minimum absolute atomic E-state index is 0.153. The molecule has 1 atom stereocenters. The molecule has 0 saturated carbocycles. The summed E-state index contributed by atoms with van der Waals surface area (Å²) in [6, 6.07) is 2.57. The summed E-state index contributed by atoms with van der Waals surface area (Å²) >= 11 is 0. The number of rotatable bonds is 2. The molecule has 1 unspecified atom stereocenters. The Kier molecular flexibility index (Phi) is 3.20. The van der Waals surface area contributed by atoms with Gasteiger partial charge >= 0.3 is 0 Å². The molecule has 7 heteroatoms. The molecule has 2 aliphatic heterocycles. The van der Waals surface area contributed by atoms with E-state index in [1.807, 2.05) is 0 Å². The first-order valence-corrected chi connectivity index (χ1v) is 6.97. The van der Waals surface area contributed by atoms with Crippen molar-refractivity contribution in [2.45, 2.75) is 32.4 Å². The molecule has 22 heavy (non-hydrogen) atoms. The van der Waals surface area contributed by atoms with Crippen LogP contribution in [0, 0.1) is 6.92 Å². The van der Waals surface area contributed by atoms with E-state index >= 15 is 0 Å². The van der Waals surface area contributed by atoms with E-state index in [-0.39, 0.29) is 31.2 Å². The molecule has 3 rings (SSSR count). The molecule has 0 radical (unpaired) electrons. The summed E-state index contributed by atoms with van der Waals surface area (Å²) in [6.07, 6.45) is 0.480. The van der Waals surface area contributed by atoms with Gasteiger partial charge in [0, 0.05) is 24.1 Å². The summed E-state index contributed by atoms with van der Waals surface area (Å²) in [5.41, 5.74) is 7.38. The summed E-state index contributed by atoms with van der Waals surface area (Å²) in [6.45, 7) is 1.93. The van der Waals surface area contributed by atoms with E-state index in [2.05, 4.69) is 5.32 Å². The maximum Gasteiger partial charge on any atom is 0.255 e. The van der Waals surface area contributed by atoms with Crippen LogP contribution in [0.2, 0.25) is 0 Å². The van der Waals surface area contributed by atoms with Gasteiger partial charge in [-0.2, -0.15) is 0 Å². The van der Waals surface area contributed by atoms with Crippen molar-refractivity contribution >= 4 is 23.6 Å². The van der Waals surface area contributed by atoms with Crippen LogP contribution < -0.4 is 11.1 Å². The normalized spacial score (nSPS) is 20.9. The Morgan fingerprint density at radius 1 is 1.32 bits per heavy atom. The quantitative estimate of drug-likeness (QED) is 0.740. The van der Waals surface area contributed by atoms with Gasteiger partial charge in [0.1, 0.15) is 6.04 Å². The van der Waals surface area contributed by atoms with Gasteiger partial charge in [-0.3, -0.25) is 24.5 Å². The highest BCUT2D eigenvalue weighted by molar-refractivity contribution is 6.08. The first-order chi connectivity index (χ1) is 10.4. The van der Waals surface area contributed by atoms with Crippen molar-refractivity contribution < 1.29 is 19.2 Å². The molecule has 3 N–H and O–H groups in total. The number of hydrogen-bond donors (Lipinski definition) is 2. The Bertz CT molecular complexity index is 726. The number of amides is 4. The number of benzene rings is 1. The Balaban J connectivity index is 1.99. The van der Waals surface area contributed by atoms with Gasteiger partial charge in [0.2, 0.25) is 17.7 Å². The van der Waals surface area contributed by atoms with Gasteiger partial charge in [0.05, 0.1) is 0 Å². The van der Waals surface area contributed by atoms with Crippen molar-refractivity contribution in [3.8, 4) is 0 Å². The van der Waals surface area contributed by atoms with E-state index < -0.39 is 17.9 Å². The van der Waals surface area contributed by atoms with Crippen LogP contribution in [0.25, 0.3) is 0 Å². The molecule has 4 amide bonds. The molecule has 1 aromatic rings. The number of fused-ring (bicyclic) bond motifs is 1. The van der Waals surface area contributed by atoms with Gasteiger partial charge in [-0.15, -0.1) is 0 Å². The summed E-state index contributed by atoms with van der Waals surface area (Å²) in [5.74, 6) is -1.71. The molecule has 1 aromatic carbocycles. The van der Waals surface area contributed by atoms with Crippen molar-refractivity contribution in [2.75, 3.05) is 0 Å². The second kappa shape index (κ2) is 4.94. The van der Waals surface area contributed by atoms with Crippen LogP contribution in [0.1, 0.15) is 44.7 Å². The van der Waals surface area contributed by atoms with Crippen LogP contribution in [0.3, 0.4) is 0 Å². The summed E-state index contributed by atoms with van der Waals surface area (Å²) < 4.78 is 0. The van der Waals surface area contributed by atoms with E-state index in [0.29, 0.717) is 16.7 Å². The number of piperidine rings is 1. The molecule has 0 aromatic heterocycles. The minimum Gasteiger partial charge on any atom is -0.366 e. The molecule has 7 nitrogen and oxygen atoms in total. The maximum absolute atomic E-state index is 12.6. The maximum atomic E-state index is 12.6. The predicted molar refractivity (Wildman–Crippen MR) is 75.7 cm³/mol. The number of carbonyl (C=O) groups excluding carboxylic acids is 4. The van der Waals surface area contributed by atoms with Crippen LogP contribution >= 0.6 is 0 Å². The van der Waals surface area contributed by atoms with Crippen LogP contribution in [0.15, 0.2) is 12.1 Å². The third-order valence-electron chi connectivity index (χ3n) is 4.18. The molecule has 1 saturated heterocycles. The molecule has 0 aliphatic carbocycles. The molecular formula is C15H15N3O4. The van der Waals surface area contributed by atoms with Gasteiger partial charge in [-0.25, -0.2) is 0 Å². The zero-order valence-corrected chi connectivity index (χ0v) is 12.0. The molecule has 1 fully saturated rings. The van der Waals surface area contributed by atoms with E-state index in [1.165, 1.54) is 4.90 Å². The highest BCUT2D eigenvalue weighted by Crippen LogP contribution is 2.31. The van der Waals surface area contributed by atoms with Gasteiger partial charge < -0.3 is 10.6 Å². The number of nitrogens with zero attached hydrogens (tertiary/aromatic N) is 1. The van der Waals surface area contributed by atoms with Gasteiger partial charge in [0.15, 0.2) is 0 Å². The zero-order valence-electron chi connectivity index (χ0n) is 12.0. The largest absolute Gasteiger partial charge is 0.366 e. The van der Waals surface area contributed by atoms with Crippen LogP contribution in [0.4, 0.5) is 0 Å². The SMILES string of the molecule is Cc1ccc(C(N)=O)c2c1C(=O)N(C1CCC(=O)NC1=O)C2. The number of nitrogens with one attached hydrogen (secondary N) is 1. The summed E-state index contributed by atoms with van der Waals surface area (Å²) in [5, 5.41) is 2.24. The molecule has 0 spiro atoms. The van der Waals surface area contributed by atoms with Crippen molar-refractivity contribution in [3.63, 3.8) is 0 Å². The van der Waals surface area contributed by atoms with E-state index in [9.17, 15) is 19.2 Å². The van der Waals surface area contributed by atoms with E-state index in [4.69, 9.17) is 5.73 Å². The molecule has 2 aliphatic rings. The number of hydrogen-bond acceptors (Lipinski definition) is 4. The number of aryl methyl sites for hydroxylation is 1. The average Bonchev–Trinajstić information content (AvgIpc) is 2.77. The lowest BCUT2D eigenvalue weighted by Gasteiger charge is -2.29. The lowest BCUT2D eigenvalue weighted by atomic mass is 9.98. The van der Waals surface area contributed by atoms with Crippen LogP contribution in [-0.4, -0.2) is 34.6 Å². The Morgan fingerprint density at radius 2 is 2.05 bits per heavy atom. The fourth-order valence-electron chi connectivity index (χ4n) is 3.07. The van der Waals surface area contributed by atoms with Gasteiger partial charge in [-0.1, -0.05) is 6.07 Å². The second-order valence-electron chi connectivity index (χ2n) is 5.55. The monoisotopic (exact) mass is 301 g/mol. The van der Waals surface area contributed by atoms with Gasteiger partial charge in [-0.05, 0) is 30.5 Å². The van der Waals surface area contributed by atoms with Gasteiger partial charge in [0.25, 0.3) is 5.91 Å². The predicted octanol–water partition coefficient (Wildman–Crippen LogP) is -0.145. The first kappa shape index (κ1) is 14.2. The smallest absolute Gasteiger partial charge is 0.255 e. The molecular weight excluding hydrogens is 286 g/mol. The fraction of sp³-hybridized carbons (Fsp3) is 0.333. The standard InChI is InChI=1S/C15H15N3O4/c1-7-2-3-8(13(16)20)9-6-18(15(22)12(7)9)10-4-5-11(19)17-14(10)21/h2-3,10H,4-6H2,1H3,(H2,16,20)(H,17,19,21). The number of imide groups is 1. The van der Waals surface area contributed by atoms with E-state index in [1.54, 1.807) is 19.1 Å². The summed E-state index contributed by atoms with van der Waals surface area (Å²) in [4.78, 5) is 48.8. The lowest BCUT2D eigenvalue weighted by Crippen LogP contribution is -2.52. The van der Waals surface area contributed by atoms with Crippen LogP contribution in [-0.2, 0) is 16.1 Å². The highest BCUT2D eigenvalue weighted by atomic mass is 16.2. The highest BCUT2D eigenvalue weighted by Gasteiger charge is 2.40. The Labute approximate surface area is 126 Å². The Hall–Kier alpha value is -2.70. The number of nitrogens with two attached hydrogens (primary N) is 1. The molecule has 0 bridgehead atoms. The van der Waals surface area contributed by atoms with Crippen molar-refractivity contribution in [2.24, 2.45) is 5.73 Å². The minimum atomic E-state index is -0.697. The number of primary amides is 1. The average molecular weight is 301 g/mol.